The van der Waals surface area contributed by atoms with E-state index in [2.05, 4.69) is 70.6 Å². The summed E-state index contributed by atoms with van der Waals surface area (Å²) in [6, 6.07) is 16.9. The van der Waals surface area contributed by atoms with E-state index < -0.39 is 0 Å². The fourth-order valence-corrected chi connectivity index (χ4v) is 3.01. The third-order valence-corrected chi connectivity index (χ3v) is 4.18. The fourth-order valence-electron chi connectivity index (χ4n) is 1.66. The van der Waals surface area contributed by atoms with Crippen LogP contribution in [0.25, 0.3) is 0 Å². The molecule has 94 valence electrons. The van der Waals surface area contributed by atoms with Crippen LogP contribution in [0.15, 0.2) is 62.8 Å². The normalized spacial score (nSPS) is 10.6. The minimum atomic E-state index is 0.908. The molecule has 0 fully saturated rings. The Morgan fingerprint density at radius 1 is 1.11 bits per heavy atom. The third-order valence-electron chi connectivity index (χ3n) is 2.56. The van der Waals surface area contributed by atoms with E-state index in [0.29, 0.717) is 0 Å². The van der Waals surface area contributed by atoms with Crippen LogP contribution in [0.4, 0.5) is 0 Å². The highest BCUT2D eigenvalue weighted by atomic mass is 79.9. The maximum atomic E-state index is 3.54. The lowest BCUT2D eigenvalue weighted by molar-refractivity contribution is 0.717. The van der Waals surface area contributed by atoms with Crippen molar-refractivity contribution in [3.8, 4) is 0 Å². The average Bonchev–Trinajstić information content (AvgIpc) is 2.40. The SMILES string of the molecule is CCNCc1cc(Br)ccc1Sc1ccccc1. The van der Waals surface area contributed by atoms with E-state index in [1.165, 1.54) is 15.4 Å². The number of rotatable bonds is 5. The van der Waals surface area contributed by atoms with Crippen molar-refractivity contribution in [2.45, 2.75) is 23.3 Å². The van der Waals surface area contributed by atoms with Crippen LogP contribution in [0.5, 0.6) is 0 Å². The first-order valence-electron chi connectivity index (χ1n) is 6.01. The molecule has 0 amide bonds. The summed E-state index contributed by atoms with van der Waals surface area (Å²) in [4.78, 5) is 2.59. The van der Waals surface area contributed by atoms with Crippen LogP contribution in [0, 0.1) is 0 Å². The van der Waals surface area contributed by atoms with Gasteiger partial charge in [0.15, 0.2) is 0 Å². The molecule has 2 rings (SSSR count). The van der Waals surface area contributed by atoms with Crippen molar-refractivity contribution in [2.75, 3.05) is 6.54 Å². The van der Waals surface area contributed by atoms with E-state index in [4.69, 9.17) is 0 Å². The second-order valence-electron chi connectivity index (χ2n) is 3.95. The van der Waals surface area contributed by atoms with Gasteiger partial charge in [0, 0.05) is 20.8 Å². The molecular formula is C15H16BrNS. The van der Waals surface area contributed by atoms with E-state index >= 15 is 0 Å². The molecule has 1 N–H and O–H groups in total. The largest absolute Gasteiger partial charge is 0.313 e. The van der Waals surface area contributed by atoms with E-state index in [1.807, 2.05) is 17.8 Å². The number of benzene rings is 2. The molecule has 0 aliphatic carbocycles. The predicted molar refractivity (Wildman–Crippen MR) is 82.1 cm³/mol. The summed E-state index contributed by atoms with van der Waals surface area (Å²) in [6.45, 7) is 4.02. The molecule has 0 aliphatic rings. The van der Waals surface area contributed by atoms with Crippen LogP contribution < -0.4 is 5.32 Å². The van der Waals surface area contributed by atoms with Gasteiger partial charge in [0.25, 0.3) is 0 Å². The second kappa shape index (κ2) is 6.98. The van der Waals surface area contributed by atoms with Gasteiger partial charge < -0.3 is 5.32 Å². The Hall–Kier alpha value is -0.770. The molecule has 0 saturated heterocycles. The molecule has 0 aliphatic heterocycles. The summed E-state index contributed by atoms with van der Waals surface area (Å²) >= 11 is 5.35. The molecular weight excluding hydrogens is 306 g/mol. The Kier molecular flexibility index (Phi) is 5.29. The topological polar surface area (TPSA) is 12.0 Å². The van der Waals surface area contributed by atoms with Crippen molar-refractivity contribution >= 4 is 27.7 Å². The van der Waals surface area contributed by atoms with Crippen LogP contribution in [-0.4, -0.2) is 6.54 Å². The number of nitrogens with one attached hydrogen (secondary N) is 1. The van der Waals surface area contributed by atoms with Gasteiger partial charge >= 0.3 is 0 Å². The Labute approximate surface area is 121 Å². The Balaban J connectivity index is 2.21. The summed E-state index contributed by atoms with van der Waals surface area (Å²) in [6.07, 6.45) is 0. The van der Waals surface area contributed by atoms with Gasteiger partial charge in [-0.3, -0.25) is 0 Å². The summed E-state index contributed by atoms with van der Waals surface area (Å²) in [5, 5.41) is 3.38. The molecule has 0 unspecified atom stereocenters. The van der Waals surface area contributed by atoms with Gasteiger partial charge in [-0.05, 0) is 42.4 Å². The minimum Gasteiger partial charge on any atom is -0.313 e. The van der Waals surface area contributed by atoms with Crippen molar-refractivity contribution in [3.05, 3.63) is 58.6 Å². The third kappa shape index (κ3) is 3.87. The Morgan fingerprint density at radius 3 is 2.61 bits per heavy atom. The second-order valence-corrected chi connectivity index (χ2v) is 5.98. The first kappa shape index (κ1) is 13.7. The van der Waals surface area contributed by atoms with Crippen LogP contribution >= 0.6 is 27.7 Å². The van der Waals surface area contributed by atoms with Gasteiger partial charge in [0.2, 0.25) is 0 Å². The van der Waals surface area contributed by atoms with Crippen molar-refractivity contribution in [3.63, 3.8) is 0 Å². The lowest BCUT2D eigenvalue weighted by atomic mass is 10.2. The van der Waals surface area contributed by atoms with Gasteiger partial charge in [-0.2, -0.15) is 0 Å². The monoisotopic (exact) mass is 321 g/mol. The molecule has 0 saturated carbocycles. The van der Waals surface area contributed by atoms with E-state index in [0.717, 1.165) is 17.6 Å². The van der Waals surface area contributed by atoms with Crippen LogP contribution in [0.3, 0.4) is 0 Å². The number of halogens is 1. The summed E-state index contributed by atoms with van der Waals surface area (Å²) < 4.78 is 1.13. The first-order valence-corrected chi connectivity index (χ1v) is 7.62. The fraction of sp³-hybridized carbons (Fsp3) is 0.200. The molecule has 0 radical (unpaired) electrons. The van der Waals surface area contributed by atoms with Crippen LogP contribution in [0.1, 0.15) is 12.5 Å². The molecule has 0 bridgehead atoms. The number of hydrogen-bond donors (Lipinski definition) is 1. The standard InChI is InChI=1S/C15H16BrNS/c1-2-17-11-12-10-13(16)8-9-15(12)18-14-6-4-3-5-7-14/h3-10,17H,2,11H2,1H3. The molecule has 0 spiro atoms. The molecule has 2 aromatic carbocycles. The quantitative estimate of drug-likeness (QED) is 0.855. The lowest BCUT2D eigenvalue weighted by Crippen LogP contribution is -2.12. The van der Waals surface area contributed by atoms with Crippen molar-refractivity contribution in [2.24, 2.45) is 0 Å². The first-order chi connectivity index (χ1) is 8.79. The molecule has 3 heteroatoms. The highest BCUT2D eigenvalue weighted by molar-refractivity contribution is 9.10. The Bertz CT molecular complexity index is 499. The maximum Gasteiger partial charge on any atom is 0.0217 e. The van der Waals surface area contributed by atoms with Crippen molar-refractivity contribution in [1.82, 2.24) is 5.32 Å². The Morgan fingerprint density at radius 2 is 1.89 bits per heavy atom. The average molecular weight is 322 g/mol. The summed E-state index contributed by atoms with van der Waals surface area (Å²) in [7, 11) is 0. The lowest BCUT2D eigenvalue weighted by Gasteiger charge is -2.10. The van der Waals surface area contributed by atoms with Gasteiger partial charge in [0.1, 0.15) is 0 Å². The van der Waals surface area contributed by atoms with Gasteiger partial charge in [-0.25, -0.2) is 0 Å². The zero-order valence-electron chi connectivity index (χ0n) is 10.3. The molecule has 2 aromatic rings. The summed E-state index contributed by atoms with van der Waals surface area (Å²) in [5.74, 6) is 0. The van der Waals surface area contributed by atoms with Crippen LogP contribution in [-0.2, 0) is 6.54 Å². The predicted octanol–water partition coefficient (Wildman–Crippen LogP) is 4.71. The van der Waals surface area contributed by atoms with Crippen molar-refractivity contribution < 1.29 is 0 Å². The van der Waals surface area contributed by atoms with Crippen molar-refractivity contribution in [1.29, 1.82) is 0 Å². The molecule has 18 heavy (non-hydrogen) atoms. The molecule has 0 heterocycles. The minimum absolute atomic E-state index is 0.908. The van der Waals surface area contributed by atoms with E-state index in [1.54, 1.807) is 0 Å². The highest BCUT2D eigenvalue weighted by Crippen LogP contribution is 2.31. The van der Waals surface area contributed by atoms with Crippen LogP contribution in [0.2, 0.25) is 0 Å². The van der Waals surface area contributed by atoms with Gasteiger partial charge in [-0.15, -0.1) is 0 Å². The smallest absolute Gasteiger partial charge is 0.0217 e. The van der Waals surface area contributed by atoms with Gasteiger partial charge in [0.05, 0.1) is 0 Å². The highest BCUT2D eigenvalue weighted by Gasteiger charge is 2.04. The molecule has 0 aromatic heterocycles. The maximum absolute atomic E-state index is 3.54. The van der Waals surface area contributed by atoms with E-state index in [-0.39, 0.29) is 0 Å². The zero-order valence-corrected chi connectivity index (χ0v) is 12.7. The zero-order chi connectivity index (χ0) is 12.8. The molecule has 0 atom stereocenters. The number of hydrogen-bond acceptors (Lipinski definition) is 2. The molecule has 1 nitrogen and oxygen atoms in total. The van der Waals surface area contributed by atoms with E-state index in [9.17, 15) is 0 Å². The van der Waals surface area contributed by atoms with Gasteiger partial charge in [-0.1, -0.05) is 52.8 Å². The summed E-state index contributed by atoms with van der Waals surface area (Å²) in [5.41, 5.74) is 1.33.